The minimum absolute atomic E-state index is 0.332. The molecule has 10 nitrogen and oxygen atoms in total. The summed E-state index contributed by atoms with van der Waals surface area (Å²) in [7, 11) is 0. The summed E-state index contributed by atoms with van der Waals surface area (Å²) in [4.78, 5) is 36.4. The van der Waals surface area contributed by atoms with Gasteiger partial charge in [-0.1, -0.05) is 36.4 Å². The molecule has 3 N–H and O–H groups in total. The third kappa shape index (κ3) is 9.31. The number of aromatic nitrogens is 2. The van der Waals surface area contributed by atoms with Crippen molar-refractivity contribution in [2.75, 3.05) is 24.5 Å². The second-order valence-electron chi connectivity index (χ2n) is 12.4. The van der Waals surface area contributed by atoms with Gasteiger partial charge in [-0.25, -0.2) is 19.6 Å². The van der Waals surface area contributed by atoms with Gasteiger partial charge in [0.15, 0.2) is 6.29 Å². The van der Waals surface area contributed by atoms with E-state index < -0.39 is 29.7 Å². The standard InChI is InChI=1S/C31H42N6O4/c1-30(2,3)40-28(38)35-26(36-29(39)41-31(4,5)6)33-20-21-14-17-37(18-15-21)27-32-16-13-25(34-27)24-12-11-22-9-7-8-10-23(22)19-24/h7-13,16,19,21,26,33H,14-15,17-18,20H2,1-6H3,(H,35,38)(H,36,39). The first kappa shape index (κ1) is 30.0. The van der Waals surface area contributed by atoms with Crippen LogP contribution < -0.4 is 20.9 Å². The van der Waals surface area contributed by atoms with Crippen LogP contribution in [0.5, 0.6) is 0 Å². The molecule has 220 valence electrons. The summed E-state index contributed by atoms with van der Waals surface area (Å²) in [6, 6.07) is 16.6. The molecule has 0 aliphatic carbocycles. The minimum atomic E-state index is -0.848. The fraction of sp³-hybridized carbons (Fsp3) is 0.484. The first-order valence-corrected chi connectivity index (χ1v) is 14.1. The van der Waals surface area contributed by atoms with Crippen molar-refractivity contribution in [3.63, 3.8) is 0 Å². The second-order valence-corrected chi connectivity index (χ2v) is 12.4. The van der Waals surface area contributed by atoms with Crippen LogP contribution in [0.2, 0.25) is 0 Å². The molecule has 0 atom stereocenters. The van der Waals surface area contributed by atoms with Crippen LogP contribution in [0.4, 0.5) is 15.5 Å². The maximum Gasteiger partial charge on any atom is 0.410 e. The Morgan fingerprint density at radius 1 is 0.902 bits per heavy atom. The Morgan fingerprint density at radius 3 is 2.12 bits per heavy atom. The van der Waals surface area contributed by atoms with Gasteiger partial charge < -0.3 is 14.4 Å². The minimum Gasteiger partial charge on any atom is -0.444 e. The van der Waals surface area contributed by atoms with Crippen LogP contribution in [0.1, 0.15) is 54.4 Å². The van der Waals surface area contributed by atoms with Gasteiger partial charge in [-0.3, -0.25) is 16.0 Å². The first-order chi connectivity index (χ1) is 19.3. The predicted octanol–water partition coefficient (Wildman–Crippen LogP) is 5.44. The average Bonchev–Trinajstić information content (AvgIpc) is 2.89. The maximum absolute atomic E-state index is 12.4. The van der Waals surface area contributed by atoms with E-state index in [4.69, 9.17) is 14.5 Å². The van der Waals surface area contributed by atoms with Crippen molar-refractivity contribution in [1.29, 1.82) is 0 Å². The molecule has 3 aromatic rings. The lowest BCUT2D eigenvalue weighted by Gasteiger charge is -2.33. The lowest BCUT2D eigenvalue weighted by atomic mass is 9.97. The molecule has 0 unspecified atom stereocenters. The number of nitrogens with one attached hydrogen (secondary N) is 3. The highest BCUT2D eigenvalue weighted by atomic mass is 16.6. The highest BCUT2D eigenvalue weighted by Crippen LogP contribution is 2.26. The van der Waals surface area contributed by atoms with Crippen LogP contribution in [-0.2, 0) is 9.47 Å². The van der Waals surface area contributed by atoms with Crippen molar-refractivity contribution >= 4 is 28.9 Å². The number of amides is 2. The third-order valence-electron chi connectivity index (χ3n) is 6.52. The van der Waals surface area contributed by atoms with Crippen molar-refractivity contribution in [2.45, 2.75) is 71.9 Å². The largest absolute Gasteiger partial charge is 0.444 e. The molecule has 2 aromatic carbocycles. The zero-order chi connectivity index (χ0) is 29.6. The third-order valence-corrected chi connectivity index (χ3v) is 6.52. The number of alkyl carbamates (subject to hydrolysis) is 2. The molecule has 1 aromatic heterocycles. The molecular weight excluding hydrogens is 520 g/mol. The second kappa shape index (κ2) is 12.7. The molecule has 0 spiro atoms. The SMILES string of the molecule is CC(C)(C)OC(=O)NC(NCC1CCN(c2nccc(-c3ccc4ccccc4c3)n2)CC1)NC(=O)OC(C)(C)C. The van der Waals surface area contributed by atoms with E-state index in [0.717, 1.165) is 43.1 Å². The molecule has 1 aliphatic heterocycles. The zero-order valence-electron chi connectivity index (χ0n) is 24.9. The van der Waals surface area contributed by atoms with E-state index in [1.165, 1.54) is 10.8 Å². The quantitative estimate of drug-likeness (QED) is 0.326. The molecule has 4 rings (SSSR count). The number of hydrogen-bond donors (Lipinski definition) is 3. The fourth-order valence-electron chi connectivity index (χ4n) is 4.62. The number of benzene rings is 2. The highest BCUT2D eigenvalue weighted by Gasteiger charge is 2.26. The van der Waals surface area contributed by atoms with Gasteiger partial charge in [0.25, 0.3) is 0 Å². The van der Waals surface area contributed by atoms with Gasteiger partial charge in [0, 0.05) is 31.4 Å². The highest BCUT2D eigenvalue weighted by molar-refractivity contribution is 5.86. The Balaban J connectivity index is 1.33. The maximum atomic E-state index is 12.4. The smallest absolute Gasteiger partial charge is 0.410 e. The molecule has 2 heterocycles. The van der Waals surface area contributed by atoms with Crippen LogP contribution in [0.25, 0.3) is 22.0 Å². The van der Waals surface area contributed by atoms with E-state index in [-0.39, 0.29) is 0 Å². The molecule has 0 radical (unpaired) electrons. The number of ether oxygens (including phenoxy) is 2. The number of anilines is 1. The zero-order valence-corrected chi connectivity index (χ0v) is 24.9. The summed E-state index contributed by atoms with van der Waals surface area (Å²) in [5, 5.41) is 11.0. The number of carbonyl (C=O) groups excluding carboxylic acids is 2. The molecule has 1 saturated heterocycles. The van der Waals surface area contributed by atoms with Crippen LogP contribution in [0.15, 0.2) is 54.7 Å². The first-order valence-electron chi connectivity index (χ1n) is 14.1. The molecule has 41 heavy (non-hydrogen) atoms. The molecule has 1 fully saturated rings. The number of nitrogens with zero attached hydrogens (tertiary/aromatic N) is 3. The van der Waals surface area contributed by atoms with Gasteiger partial charge in [0.05, 0.1) is 5.69 Å². The molecule has 10 heteroatoms. The number of carbonyl (C=O) groups is 2. The Labute approximate surface area is 242 Å². The van der Waals surface area contributed by atoms with Gasteiger partial charge in [-0.05, 0) is 83.2 Å². The molecule has 2 amide bonds. The van der Waals surface area contributed by atoms with Crippen LogP contribution in [0.3, 0.4) is 0 Å². The summed E-state index contributed by atoms with van der Waals surface area (Å²) in [5.41, 5.74) is 0.628. The fourth-order valence-corrected chi connectivity index (χ4v) is 4.62. The van der Waals surface area contributed by atoms with Crippen LogP contribution >= 0.6 is 0 Å². The van der Waals surface area contributed by atoms with Crippen molar-refractivity contribution in [2.24, 2.45) is 5.92 Å². The van der Waals surface area contributed by atoms with E-state index in [9.17, 15) is 9.59 Å². The van der Waals surface area contributed by atoms with Crippen molar-refractivity contribution in [3.05, 3.63) is 54.7 Å². The Bertz CT molecular complexity index is 1310. The number of fused-ring (bicyclic) bond motifs is 1. The monoisotopic (exact) mass is 562 g/mol. The summed E-state index contributed by atoms with van der Waals surface area (Å²) in [6.07, 6.45) is 1.51. The van der Waals surface area contributed by atoms with E-state index in [1.54, 1.807) is 41.5 Å². The lowest BCUT2D eigenvalue weighted by Crippen LogP contribution is -2.59. The Hall–Kier alpha value is -3.92. The summed E-state index contributed by atoms with van der Waals surface area (Å²) in [5.74, 6) is 1.05. The van der Waals surface area contributed by atoms with E-state index in [1.807, 2.05) is 24.4 Å². The normalized spacial score (nSPS) is 14.7. The van der Waals surface area contributed by atoms with E-state index in [0.29, 0.717) is 12.5 Å². The van der Waals surface area contributed by atoms with Crippen molar-refractivity contribution in [3.8, 4) is 11.3 Å². The van der Waals surface area contributed by atoms with Crippen molar-refractivity contribution in [1.82, 2.24) is 25.9 Å². The molecule has 1 aliphatic rings. The topological polar surface area (TPSA) is 118 Å². The summed E-state index contributed by atoms with van der Waals surface area (Å²) in [6.45, 7) is 12.9. The number of piperidine rings is 1. The van der Waals surface area contributed by atoms with Gasteiger partial charge in [-0.2, -0.15) is 0 Å². The number of hydrogen-bond acceptors (Lipinski definition) is 8. The number of rotatable bonds is 7. The Morgan fingerprint density at radius 2 is 1.51 bits per heavy atom. The Kier molecular flexibility index (Phi) is 9.32. The molecule has 0 bridgehead atoms. The van der Waals surface area contributed by atoms with Gasteiger partial charge in [-0.15, -0.1) is 0 Å². The summed E-state index contributed by atoms with van der Waals surface area (Å²) >= 11 is 0. The van der Waals surface area contributed by atoms with Gasteiger partial charge >= 0.3 is 12.2 Å². The average molecular weight is 563 g/mol. The van der Waals surface area contributed by atoms with Crippen molar-refractivity contribution < 1.29 is 19.1 Å². The predicted molar refractivity (Wildman–Crippen MR) is 160 cm³/mol. The van der Waals surface area contributed by atoms with E-state index in [2.05, 4.69) is 56.2 Å². The van der Waals surface area contributed by atoms with E-state index >= 15 is 0 Å². The van der Waals surface area contributed by atoms with Gasteiger partial charge in [0.1, 0.15) is 11.2 Å². The molecular formula is C31H42N6O4. The van der Waals surface area contributed by atoms with Gasteiger partial charge in [0.2, 0.25) is 5.95 Å². The molecule has 0 saturated carbocycles. The van der Waals surface area contributed by atoms with Crippen LogP contribution in [-0.4, -0.2) is 59.3 Å². The summed E-state index contributed by atoms with van der Waals surface area (Å²) < 4.78 is 10.7. The van der Waals surface area contributed by atoms with Crippen LogP contribution in [0, 0.1) is 5.92 Å². The lowest BCUT2D eigenvalue weighted by molar-refractivity contribution is 0.0403.